The molecule has 0 bridgehead atoms. The van der Waals surface area contributed by atoms with Gasteiger partial charge in [-0.15, -0.1) is 0 Å². The fourth-order valence-electron chi connectivity index (χ4n) is 3.70. The van der Waals surface area contributed by atoms with E-state index in [1.54, 1.807) is 0 Å². The average Bonchev–Trinajstić information content (AvgIpc) is 2.76. The van der Waals surface area contributed by atoms with Crippen LogP contribution in [-0.4, -0.2) is 24.3 Å². The molecule has 0 amide bonds. The maximum absolute atomic E-state index is 5.61. The number of aryl methyl sites for hydroxylation is 1. The Labute approximate surface area is 143 Å². The number of fused-ring (bicyclic) bond motifs is 3. The van der Waals surface area contributed by atoms with E-state index in [0.29, 0.717) is 6.61 Å². The Kier molecular flexibility index (Phi) is 4.03. The zero-order valence-corrected chi connectivity index (χ0v) is 14.4. The molecule has 0 saturated heterocycles. The second-order valence-electron chi connectivity index (χ2n) is 6.47. The molecule has 24 heavy (non-hydrogen) atoms. The lowest BCUT2D eigenvalue weighted by Crippen LogP contribution is -2.17. The Balaban J connectivity index is 1.79. The van der Waals surface area contributed by atoms with Crippen molar-refractivity contribution in [1.29, 1.82) is 0 Å². The van der Waals surface area contributed by atoms with Crippen LogP contribution in [0.2, 0.25) is 0 Å². The molecule has 0 spiro atoms. The minimum Gasteiger partial charge on any atom is -0.494 e. The Morgan fingerprint density at radius 2 is 2.00 bits per heavy atom. The number of benzene rings is 2. The summed E-state index contributed by atoms with van der Waals surface area (Å²) in [7, 11) is 0. The molecule has 3 aromatic rings. The molecule has 0 fully saturated rings. The van der Waals surface area contributed by atoms with E-state index in [2.05, 4.69) is 59.3 Å². The smallest absolute Gasteiger partial charge is 0.119 e. The molecule has 3 heteroatoms. The van der Waals surface area contributed by atoms with E-state index in [1.807, 2.05) is 6.92 Å². The number of nitrogens with one attached hydrogen (secondary N) is 1. The predicted molar refractivity (Wildman–Crippen MR) is 99.9 cm³/mol. The van der Waals surface area contributed by atoms with Crippen molar-refractivity contribution in [2.45, 2.75) is 26.8 Å². The lowest BCUT2D eigenvalue weighted by atomic mass is 9.99. The Hall–Kier alpha value is -2.26. The number of nitrogens with zero attached hydrogens (tertiary/aromatic N) is 1. The maximum atomic E-state index is 5.61. The van der Waals surface area contributed by atoms with Crippen molar-refractivity contribution in [3.63, 3.8) is 0 Å². The number of hydrogen-bond donors (Lipinski definition) is 1. The topological polar surface area (TPSA) is 26.2 Å². The zero-order valence-electron chi connectivity index (χ0n) is 14.4. The highest BCUT2D eigenvalue weighted by molar-refractivity contribution is 5.87. The number of hydrogen-bond acceptors (Lipinski definition) is 2. The van der Waals surface area contributed by atoms with Gasteiger partial charge in [0.15, 0.2) is 0 Å². The molecule has 3 nitrogen and oxygen atoms in total. The van der Waals surface area contributed by atoms with Gasteiger partial charge in [0.1, 0.15) is 5.75 Å². The van der Waals surface area contributed by atoms with Crippen LogP contribution in [0, 0.1) is 6.92 Å². The monoisotopic (exact) mass is 320 g/mol. The van der Waals surface area contributed by atoms with Crippen LogP contribution in [-0.2, 0) is 13.0 Å². The molecule has 0 atom stereocenters. The quantitative estimate of drug-likeness (QED) is 0.784. The predicted octanol–water partition coefficient (Wildman–Crippen LogP) is 4.16. The summed E-state index contributed by atoms with van der Waals surface area (Å²) in [4.78, 5) is 0. The van der Waals surface area contributed by atoms with Crippen LogP contribution >= 0.6 is 0 Å². The van der Waals surface area contributed by atoms with Crippen LogP contribution in [0.25, 0.3) is 22.0 Å². The highest BCUT2D eigenvalue weighted by Crippen LogP contribution is 2.31. The zero-order chi connectivity index (χ0) is 16.5. The van der Waals surface area contributed by atoms with Crippen molar-refractivity contribution in [1.82, 2.24) is 9.88 Å². The molecule has 124 valence electrons. The van der Waals surface area contributed by atoms with Crippen LogP contribution in [0.15, 0.2) is 42.5 Å². The van der Waals surface area contributed by atoms with Gasteiger partial charge in [-0.1, -0.05) is 18.2 Å². The normalized spacial score (nSPS) is 14.4. The van der Waals surface area contributed by atoms with E-state index in [0.717, 1.165) is 31.8 Å². The van der Waals surface area contributed by atoms with Gasteiger partial charge in [-0.3, -0.25) is 0 Å². The first-order chi connectivity index (χ1) is 11.8. The van der Waals surface area contributed by atoms with Gasteiger partial charge in [0, 0.05) is 37.3 Å². The van der Waals surface area contributed by atoms with E-state index in [1.165, 1.54) is 33.3 Å². The molecular formula is C21H24N2O. The van der Waals surface area contributed by atoms with Gasteiger partial charge >= 0.3 is 0 Å². The van der Waals surface area contributed by atoms with Crippen LogP contribution in [0.1, 0.15) is 18.2 Å². The minimum absolute atomic E-state index is 0.703. The Morgan fingerprint density at radius 3 is 2.83 bits per heavy atom. The summed E-state index contributed by atoms with van der Waals surface area (Å²) >= 11 is 0. The summed E-state index contributed by atoms with van der Waals surface area (Å²) in [5.74, 6) is 0.947. The summed E-state index contributed by atoms with van der Waals surface area (Å²) in [6, 6.07) is 15.6. The molecule has 1 N–H and O–H groups in total. The average molecular weight is 320 g/mol. The molecule has 1 aromatic heterocycles. The van der Waals surface area contributed by atoms with E-state index in [-0.39, 0.29) is 0 Å². The molecule has 0 unspecified atom stereocenters. The molecule has 2 heterocycles. The van der Waals surface area contributed by atoms with Crippen molar-refractivity contribution >= 4 is 10.9 Å². The van der Waals surface area contributed by atoms with Crippen molar-refractivity contribution in [3.05, 3.63) is 53.7 Å². The summed E-state index contributed by atoms with van der Waals surface area (Å²) in [6.45, 7) is 8.04. The fourth-order valence-corrected chi connectivity index (χ4v) is 3.70. The standard InChI is InChI=1S/C21H24N2O/c1-3-24-19-6-7-20(15(2)12-19)16-4-5-17-13-18-8-9-22-10-11-23(18)21(17)14-16/h4-7,12-14,22H,3,8-11H2,1-2H3. The second kappa shape index (κ2) is 6.33. The molecular weight excluding hydrogens is 296 g/mol. The van der Waals surface area contributed by atoms with Crippen molar-refractivity contribution in [2.24, 2.45) is 0 Å². The van der Waals surface area contributed by atoms with Crippen LogP contribution in [0.3, 0.4) is 0 Å². The third-order valence-corrected chi connectivity index (χ3v) is 4.88. The summed E-state index contributed by atoms with van der Waals surface area (Å²) in [6.07, 6.45) is 1.10. The lowest BCUT2D eigenvalue weighted by Gasteiger charge is -2.11. The molecule has 4 rings (SSSR count). The van der Waals surface area contributed by atoms with Crippen LogP contribution in [0.4, 0.5) is 0 Å². The van der Waals surface area contributed by atoms with Gasteiger partial charge < -0.3 is 14.6 Å². The van der Waals surface area contributed by atoms with Gasteiger partial charge in [0.05, 0.1) is 6.61 Å². The SMILES string of the molecule is CCOc1ccc(-c2ccc3cc4n(c3c2)CCNCC4)c(C)c1. The number of ether oxygens (including phenoxy) is 1. The number of rotatable bonds is 3. The van der Waals surface area contributed by atoms with Gasteiger partial charge in [-0.25, -0.2) is 0 Å². The maximum Gasteiger partial charge on any atom is 0.119 e. The first-order valence-corrected chi connectivity index (χ1v) is 8.83. The highest BCUT2D eigenvalue weighted by atomic mass is 16.5. The third kappa shape index (κ3) is 2.69. The molecule has 0 saturated carbocycles. The second-order valence-corrected chi connectivity index (χ2v) is 6.47. The summed E-state index contributed by atoms with van der Waals surface area (Å²) in [5.41, 5.74) is 6.60. The van der Waals surface area contributed by atoms with Gasteiger partial charge in [-0.2, -0.15) is 0 Å². The Bertz CT molecular complexity index is 879. The summed E-state index contributed by atoms with van der Waals surface area (Å²) < 4.78 is 8.09. The summed E-state index contributed by atoms with van der Waals surface area (Å²) in [5, 5.41) is 4.83. The van der Waals surface area contributed by atoms with E-state index in [9.17, 15) is 0 Å². The van der Waals surface area contributed by atoms with Gasteiger partial charge in [-0.05, 0) is 60.2 Å². The molecule has 2 aromatic carbocycles. The van der Waals surface area contributed by atoms with Crippen molar-refractivity contribution in [2.75, 3.05) is 19.7 Å². The fraction of sp³-hybridized carbons (Fsp3) is 0.333. The molecule has 1 aliphatic rings. The largest absolute Gasteiger partial charge is 0.494 e. The first-order valence-electron chi connectivity index (χ1n) is 8.83. The van der Waals surface area contributed by atoms with E-state index < -0.39 is 0 Å². The third-order valence-electron chi connectivity index (χ3n) is 4.88. The van der Waals surface area contributed by atoms with Gasteiger partial charge in [0.25, 0.3) is 0 Å². The van der Waals surface area contributed by atoms with E-state index >= 15 is 0 Å². The van der Waals surface area contributed by atoms with E-state index in [4.69, 9.17) is 4.74 Å². The van der Waals surface area contributed by atoms with Gasteiger partial charge in [0.2, 0.25) is 0 Å². The van der Waals surface area contributed by atoms with Crippen molar-refractivity contribution < 1.29 is 4.74 Å². The lowest BCUT2D eigenvalue weighted by molar-refractivity contribution is 0.340. The van der Waals surface area contributed by atoms with Crippen LogP contribution < -0.4 is 10.1 Å². The highest BCUT2D eigenvalue weighted by Gasteiger charge is 2.13. The Morgan fingerprint density at radius 1 is 1.08 bits per heavy atom. The van der Waals surface area contributed by atoms with Crippen LogP contribution in [0.5, 0.6) is 5.75 Å². The minimum atomic E-state index is 0.703. The molecule has 0 radical (unpaired) electrons. The van der Waals surface area contributed by atoms with Crippen molar-refractivity contribution in [3.8, 4) is 16.9 Å². The molecule has 1 aliphatic heterocycles. The first kappa shape index (κ1) is 15.3. The number of aromatic nitrogens is 1. The molecule has 0 aliphatic carbocycles.